The predicted octanol–water partition coefficient (Wildman–Crippen LogP) is 6.20. The van der Waals surface area contributed by atoms with Crippen LogP contribution in [0, 0.1) is 17.8 Å². The maximum Gasteiger partial charge on any atom is 0.392 e. The smallest absolute Gasteiger partial charge is 0.392 e. The third-order valence-electron chi connectivity index (χ3n) is 5.15. The van der Waals surface area contributed by atoms with Crippen LogP contribution in [0.15, 0.2) is 41.0 Å². The monoisotopic (exact) mass is 463 g/mol. The zero-order valence-corrected chi connectivity index (χ0v) is 17.9. The Hall–Kier alpha value is -1.99. The van der Waals surface area contributed by atoms with Gasteiger partial charge in [-0.1, -0.05) is 48.3 Å². The minimum absolute atomic E-state index is 0.123. The summed E-state index contributed by atoms with van der Waals surface area (Å²) < 4.78 is 40.6. The normalized spacial score (nSPS) is 18.8. The number of alkyl halides is 3. The van der Waals surface area contributed by atoms with Crippen LogP contribution in [0.25, 0.3) is 0 Å². The second-order valence-corrected chi connectivity index (χ2v) is 8.17. The molecule has 0 aromatic heterocycles. The highest BCUT2D eigenvalue weighted by Crippen LogP contribution is 2.41. The molecule has 1 aliphatic rings. The number of anilines is 1. The molecule has 0 fully saturated rings. The third-order valence-corrected chi connectivity index (χ3v) is 5.93. The van der Waals surface area contributed by atoms with Crippen molar-refractivity contribution < 1.29 is 27.9 Å². The molecule has 0 saturated carbocycles. The van der Waals surface area contributed by atoms with Crippen molar-refractivity contribution in [3.63, 3.8) is 0 Å². The highest BCUT2D eigenvalue weighted by Gasteiger charge is 2.47. The summed E-state index contributed by atoms with van der Waals surface area (Å²) >= 11 is 12.1. The SMILES string of the molecule is CC1=CC([C@@H](C(=O)Nc2cc(CCC(=O)O)ccc2Cl)[C@@H](C)C(F)(F)F)CC=C1Cl. The summed E-state index contributed by atoms with van der Waals surface area (Å²) in [6, 6.07) is 4.57. The van der Waals surface area contributed by atoms with E-state index in [2.05, 4.69) is 5.32 Å². The fraction of sp³-hybridized carbons (Fsp3) is 0.429. The summed E-state index contributed by atoms with van der Waals surface area (Å²) in [5.74, 6) is -5.76. The number of halogens is 5. The van der Waals surface area contributed by atoms with Crippen molar-refractivity contribution in [1.82, 2.24) is 0 Å². The molecule has 1 aromatic rings. The van der Waals surface area contributed by atoms with E-state index in [1.807, 2.05) is 0 Å². The molecule has 0 bridgehead atoms. The molecule has 4 nitrogen and oxygen atoms in total. The van der Waals surface area contributed by atoms with E-state index in [0.29, 0.717) is 16.2 Å². The molecule has 2 rings (SSSR count). The molecule has 1 aromatic carbocycles. The van der Waals surface area contributed by atoms with Crippen molar-refractivity contribution in [1.29, 1.82) is 0 Å². The van der Waals surface area contributed by atoms with E-state index in [4.69, 9.17) is 28.3 Å². The first-order valence-corrected chi connectivity index (χ1v) is 10.1. The van der Waals surface area contributed by atoms with Gasteiger partial charge in [0.2, 0.25) is 5.91 Å². The van der Waals surface area contributed by atoms with Gasteiger partial charge in [-0.15, -0.1) is 0 Å². The standard InChI is InChI=1S/C21H22Cl2F3NO3/c1-11-9-14(5-7-15(11)22)19(12(2)21(24,25)26)20(30)27-17-10-13(3-6-16(17)23)4-8-18(28)29/h3,6-7,9-10,12,14,19H,4-5,8H2,1-2H3,(H,27,30)(H,28,29)/t12-,14?,19+/m1/s1. The summed E-state index contributed by atoms with van der Waals surface area (Å²) in [7, 11) is 0. The first kappa shape index (κ1) is 24.3. The summed E-state index contributed by atoms with van der Waals surface area (Å²) in [6.07, 6.45) is -1.07. The molecule has 0 spiro atoms. The summed E-state index contributed by atoms with van der Waals surface area (Å²) in [5.41, 5.74) is 1.36. The number of carbonyl (C=O) groups excluding carboxylic acids is 1. The lowest BCUT2D eigenvalue weighted by molar-refractivity contribution is -0.188. The van der Waals surface area contributed by atoms with Crippen molar-refractivity contribution in [2.24, 2.45) is 17.8 Å². The number of aliphatic carboxylic acids is 1. The first-order valence-electron chi connectivity index (χ1n) is 9.32. The lowest BCUT2D eigenvalue weighted by Gasteiger charge is -2.32. The van der Waals surface area contributed by atoms with Gasteiger partial charge in [0, 0.05) is 11.5 Å². The van der Waals surface area contributed by atoms with Gasteiger partial charge in [-0.25, -0.2) is 0 Å². The van der Waals surface area contributed by atoms with Crippen molar-refractivity contribution in [3.05, 3.63) is 51.5 Å². The number of amides is 1. The van der Waals surface area contributed by atoms with Gasteiger partial charge >= 0.3 is 12.1 Å². The van der Waals surface area contributed by atoms with Crippen LogP contribution in [0.3, 0.4) is 0 Å². The van der Waals surface area contributed by atoms with Gasteiger partial charge < -0.3 is 10.4 Å². The van der Waals surface area contributed by atoms with Crippen molar-refractivity contribution >= 4 is 40.8 Å². The molecule has 1 unspecified atom stereocenters. The van der Waals surface area contributed by atoms with Crippen molar-refractivity contribution in [2.75, 3.05) is 5.32 Å². The third kappa shape index (κ3) is 6.25. The van der Waals surface area contributed by atoms with Crippen molar-refractivity contribution in [2.45, 2.75) is 39.3 Å². The van der Waals surface area contributed by atoms with Gasteiger partial charge in [-0.3, -0.25) is 9.59 Å². The Kier molecular flexibility index (Phi) is 7.99. The number of rotatable bonds is 7. The Morgan fingerprint density at radius 2 is 1.97 bits per heavy atom. The molecule has 0 radical (unpaired) electrons. The quantitative estimate of drug-likeness (QED) is 0.505. The second kappa shape index (κ2) is 9.88. The van der Waals surface area contributed by atoms with E-state index in [-0.39, 0.29) is 30.0 Å². The summed E-state index contributed by atoms with van der Waals surface area (Å²) in [5, 5.41) is 11.9. The minimum Gasteiger partial charge on any atom is -0.481 e. The van der Waals surface area contributed by atoms with Gasteiger partial charge in [0.05, 0.1) is 22.5 Å². The lowest BCUT2D eigenvalue weighted by atomic mass is 9.77. The molecule has 1 aliphatic carbocycles. The molecular weight excluding hydrogens is 442 g/mol. The van der Waals surface area contributed by atoms with E-state index in [0.717, 1.165) is 6.92 Å². The lowest BCUT2D eigenvalue weighted by Crippen LogP contribution is -2.40. The van der Waals surface area contributed by atoms with Gasteiger partial charge in [0.15, 0.2) is 0 Å². The van der Waals surface area contributed by atoms with Gasteiger partial charge in [0.1, 0.15) is 0 Å². The Morgan fingerprint density at radius 1 is 1.30 bits per heavy atom. The average molecular weight is 464 g/mol. The van der Waals surface area contributed by atoms with E-state index >= 15 is 0 Å². The fourth-order valence-electron chi connectivity index (χ4n) is 3.41. The molecule has 2 N–H and O–H groups in total. The number of aryl methyl sites for hydroxylation is 1. The van der Waals surface area contributed by atoms with E-state index in [9.17, 15) is 22.8 Å². The number of carbonyl (C=O) groups is 2. The second-order valence-electron chi connectivity index (χ2n) is 7.35. The number of allylic oxidation sites excluding steroid dienone is 4. The Bertz CT molecular complexity index is 881. The largest absolute Gasteiger partial charge is 0.481 e. The number of nitrogens with one attached hydrogen (secondary N) is 1. The zero-order chi connectivity index (χ0) is 22.6. The summed E-state index contributed by atoms with van der Waals surface area (Å²) in [4.78, 5) is 23.7. The van der Waals surface area contributed by atoms with Gasteiger partial charge in [-0.2, -0.15) is 13.2 Å². The summed E-state index contributed by atoms with van der Waals surface area (Å²) in [6.45, 7) is 2.67. The maximum atomic E-state index is 13.5. The Morgan fingerprint density at radius 3 is 2.53 bits per heavy atom. The highest BCUT2D eigenvalue weighted by atomic mass is 35.5. The van der Waals surface area contributed by atoms with Crippen LogP contribution in [-0.2, 0) is 16.0 Å². The molecule has 0 aliphatic heterocycles. The highest BCUT2D eigenvalue weighted by molar-refractivity contribution is 6.33. The van der Waals surface area contributed by atoms with E-state index in [1.54, 1.807) is 25.1 Å². The van der Waals surface area contributed by atoms with Crippen LogP contribution in [0.2, 0.25) is 5.02 Å². The molecule has 1 amide bonds. The van der Waals surface area contributed by atoms with Crippen LogP contribution in [-0.4, -0.2) is 23.2 Å². The number of benzene rings is 1. The topological polar surface area (TPSA) is 66.4 Å². The van der Waals surface area contributed by atoms with Crippen LogP contribution < -0.4 is 5.32 Å². The first-order chi connectivity index (χ1) is 13.9. The number of carboxylic acids is 1. The van der Waals surface area contributed by atoms with Gasteiger partial charge in [0.25, 0.3) is 0 Å². The van der Waals surface area contributed by atoms with Crippen LogP contribution in [0.1, 0.15) is 32.3 Å². The molecule has 3 atom stereocenters. The average Bonchev–Trinajstić information content (AvgIpc) is 2.64. The van der Waals surface area contributed by atoms with Gasteiger partial charge in [-0.05, 0) is 49.0 Å². The zero-order valence-electron chi connectivity index (χ0n) is 16.4. The van der Waals surface area contributed by atoms with E-state index < -0.39 is 35.8 Å². The Balaban J connectivity index is 2.31. The van der Waals surface area contributed by atoms with Crippen LogP contribution in [0.4, 0.5) is 18.9 Å². The minimum atomic E-state index is -4.57. The molecular formula is C21H22Cl2F3NO3. The maximum absolute atomic E-state index is 13.5. The molecule has 0 heterocycles. The fourth-order valence-corrected chi connectivity index (χ4v) is 3.72. The Labute approximate surface area is 182 Å². The molecule has 0 saturated heterocycles. The molecule has 30 heavy (non-hydrogen) atoms. The number of hydrogen-bond acceptors (Lipinski definition) is 2. The molecule has 9 heteroatoms. The number of carboxylic acid groups (broad SMARTS) is 1. The van der Waals surface area contributed by atoms with Crippen LogP contribution >= 0.6 is 23.2 Å². The van der Waals surface area contributed by atoms with E-state index in [1.165, 1.54) is 12.1 Å². The number of hydrogen-bond donors (Lipinski definition) is 2. The predicted molar refractivity (Wildman–Crippen MR) is 111 cm³/mol. The van der Waals surface area contributed by atoms with Crippen molar-refractivity contribution in [3.8, 4) is 0 Å². The molecule has 164 valence electrons. The van der Waals surface area contributed by atoms with Crippen LogP contribution in [0.5, 0.6) is 0 Å².